The molecule has 5 nitrogen and oxygen atoms in total. The van der Waals surface area contributed by atoms with Crippen LogP contribution in [-0.4, -0.2) is 36.9 Å². The summed E-state index contributed by atoms with van der Waals surface area (Å²) in [7, 11) is 1.72. The van der Waals surface area contributed by atoms with E-state index in [1.807, 2.05) is 36.4 Å². The predicted molar refractivity (Wildman–Crippen MR) is 116 cm³/mol. The minimum absolute atomic E-state index is 0.0314. The normalized spacial score (nSPS) is 10.9. The Morgan fingerprint density at radius 3 is 2.24 bits per heavy atom. The second-order valence-electron chi connectivity index (χ2n) is 8.00. The van der Waals surface area contributed by atoms with Gasteiger partial charge >= 0.3 is 0 Å². The third-order valence-electron chi connectivity index (χ3n) is 4.55. The van der Waals surface area contributed by atoms with Crippen LogP contribution in [0.5, 0.6) is 5.75 Å². The second kappa shape index (κ2) is 9.92. The molecule has 0 aromatic heterocycles. The summed E-state index contributed by atoms with van der Waals surface area (Å²) in [5.41, 5.74) is 2.72. The zero-order chi connectivity index (χ0) is 21.4. The van der Waals surface area contributed by atoms with Crippen LogP contribution in [0.2, 0.25) is 0 Å². The highest BCUT2D eigenvalue weighted by Crippen LogP contribution is 2.22. The Kier molecular flexibility index (Phi) is 7.59. The lowest BCUT2D eigenvalue weighted by Crippen LogP contribution is -2.37. The summed E-state index contributed by atoms with van der Waals surface area (Å²) in [6, 6.07) is 15.0. The largest absolute Gasteiger partial charge is 0.490 e. The average molecular weight is 395 g/mol. The zero-order valence-electron chi connectivity index (χ0n) is 17.7. The van der Waals surface area contributed by atoms with Crippen molar-refractivity contribution in [3.63, 3.8) is 0 Å². The first-order chi connectivity index (χ1) is 13.7. The molecule has 2 aromatic rings. The van der Waals surface area contributed by atoms with Gasteiger partial charge < -0.3 is 15.0 Å². The number of benzene rings is 2. The molecule has 0 aliphatic heterocycles. The minimum Gasteiger partial charge on any atom is -0.490 e. The molecule has 2 aromatic carbocycles. The number of hydrogen-bond acceptors (Lipinski definition) is 3. The van der Waals surface area contributed by atoms with Gasteiger partial charge in [0.1, 0.15) is 12.4 Å². The van der Waals surface area contributed by atoms with E-state index < -0.39 is 0 Å². The van der Waals surface area contributed by atoms with Gasteiger partial charge in [0.15, 0.2) is 0 Å². The van der Waals surface area contributed by atoms with Crippen molar-refractivity contribution < 1.29 is 14.3 Å². The van der Waals surface area contributed by atoms with Crippen LogP contribution in [0.4, 0.5) is 0 Å². The Morgan fingerprint density at radius 2 is 1.69 bits per heavy atom. The molecule has 2 amide bonds. The van der Waals surface area contributed by atoms with Gasteiger partial charge in [-0.15, -0.1) is 0 Å². The molecule has 0 saturated carbocycles. The summed E-state index contributed by atoms with van der Waals surface area (Å²) in [5, 5.41) is 2.70. The highest BCUT2D eigenvalue weighted by atomic mass is 16.5. The van der Waals surface area contributed by atoms with Crippen LogP contribution in [0.3, 0.4) is 0 Å². The fourth-order valence-corrected chi connectivity index (χ4v) is 2.72. The van der Waals surface area contributed by atoms with Gasteiger partial charge in [-0.05, 0) is 40.8 Å². The lowest BCUT2D eigenvalue weighted by molar-refractivity contribution is -0.129. The Hall–Kier alpha value is -3.08. The monoisotopic (exact) mass is 394 g/mol. The van der Waals surface area contributed by atoms with Crippen molar-refractivity contribution in [2.24, 2.45) is 0 Å². The standard InChI is InChI=1S/C24H30N2O3/c1-6-15-29-21-13-7-18(8-14-21)17-26(5)22(27)16-25-23(28)19-9-11-20(12-10-19)24(2,3)4/h6-14H,1,15-17H2,2-5H3,(H,25,28). The molecule has 0 aliphatic carbocycles. The van der Waals surface area contributed by atoms with E-state index in [-0.39, 0.29) is 23.8 Å². The number of likely N-dealkylation sites (N-methyl/N-ethyl adjacent to an activating group) is 1. The summed E-state index contributed by atoms with van der Waals surface area (Å²) in [5.74, 6) is 0.347. The first-order valence-corrected chi connectivity index (χ1v) is 9.66. The zero-order valence-corrected chi connectivity index (χ0v) is 17.7. The molecule has 0 radical (unpaired) electrons. The van der Waals surface area contributed by atoms with E-state index in [0.717, 1.165) is 16.9 Å². The number of nitrogens with one attached hydrogen (secondary N) is 1. The number of carbonyl (C=O) groups is 2. The van der Waals surface area contributed by atoms with E-state index in [0.29, 0.717) is 18.7 Å². The van der Waals surface area contributed by atoms with E-state index in [9.17, 15) is 9.59 Å². The molecule has 29 heavy (non-hydrogen) atoms. The maximum absolute atomic E-state index is 12.4. The van der Waals surface area contributed by atoms with Gasteiger partial charge in [0, 0.05) is 19.2 Å². The summed E-state index contributed by atoms with van der Waals surface area (Å²) in [6.07, 6.45) is 1.69. The van der Waals surface area contributed by atoms with Gasteiger partial charge in [0.2, 0.25) is 5.91 Å². The lowest BCUT2D eigenvalue weighted by Gasteiger charge is -2.19. The van der Waals surface area contributed by atoms with Crippen LogP contribution in [0.25, 0.3) is 0 Å². The van der Waals surface area contributed by atoms with Crippen molar-refractivity contribution in [1.82, 2.24) is 10.2 Å². The van der Waals surface area contributed by atoms with Crippen LogP contribution < -0.4 is 10.1 Å². The highest BCUT2D eigenvalue weighted by molar-refractivity contribution is 5.96. The van der Waals surface area contributed by atoms with Crippen molar-refractivity contribution in [2.75, 3.05) is 20.2 Å². The molecular formula is C24H30N2O3. The molecule has 0 unspecified atom stereocenters. The summed E-state index contributed by atoms with van der Waals surface area (Å²) >= 11 is 0. The number of ether oxygens (including phenoxy) is 1. The van der Waals surface area contributed by atoms with E-state index in [4.69, 9.17) is 4.74 Å². The van der Waals surface area contributed by atoms with Crippen molar-refractivity contribution in [2.45, 2.75) is 32.7 Å². The maximum atomic E-state index is 12.4. The molecular weight excluding hydrogens is 364 g/mol. The van der Waals surface area contributed by atoms with Crippen molar-refractivity contribution >= 4 is 11.8 Å². The molecule has 2 rings (SSSR count). The molecule has 0 fully saturated rings. The quantitative estimate of drug-likeness (QED) is 0.690. The van der Waals surface area contributed by atoms with Gasteiger partial charge in [-0.2, -0.15) is 0 Å². The Bertz CT molecular complexity index is 834. The topological polar surface area (TPSA) is 58.6 Å². The smallest absolute Gasteiger partial charge is 0.251 e. The Labute approximate surface area is 173 Å². The highest BCUT2D eigenvalue weighted by Gasteiger charge is 2.15. The van der Waals surface area contributed by atoms with Crippen molar-refractivity contribution in [1.29, 1.82) is 0 Å². The Balaban J connectivity index is 1.84. The first-order valence-electron chi connectivity index (χ1n) is 9.66. The molecule has 0 spiro atoms. The number of hydrogen-bond donors (Lipinski definition) is 1. The first kappa shape index (κ1) is 22.2. The number of rotatable bonds is 8. The van der Waals surface area contributed by atoms with Crippen LogP contribution in [0.1, 0.15) is 42.3 Å². The number of nitrogens with zero attached hydrogens (tertiary/aromatic N) is 1. The van der Waals surface area contributed by atoms with E-state index in [1.165, 1.54) is 0 Å². The molecule has 0 saturated heterocycles. The third-order valence-corrected chi connectivity index (χ3v) is 4.55. The molecule has 0 aliphatic rings. The van der Waals surface area contributed by atoms with Gasteiger partial charge in [-0.3, -0.25) is 9.59 Å². The van der Waals surface area contributed by atoms with E-state index in [1.54, 1.807) is 30.2 Å². The van der Waals surface area contributed by atoms with Crippen molar-refractivity contribution in [3.8, 4) is 5.75 Å². The Morgan fingerprint density at radius 1 is 1.07 bits per heavy atom. The van der Waals surface area contributed by atoms with Crippen LogP contribution >= 0.6 is 0 Å². The van der Waals surface area contributed by atoms with Gasteiger partial charge in [-0.25, -0.2) is 0 Å². The second-order valence-corrected chi connectivity index (χ2v) is 8.00. The molecule has 5 heteroatoms. The van der Waals surface area contributed by atoms with Crippen molar-refractivity contribution in [3.05, 3.63) is 77.9 Å². The lowest BCUT2D eigenvalue weighted by atomic mass is 9.87. The number of amides is 2. The maximum Gasteiger partial charge on any atom is 0.251 e. The third kappa shape index (κ3) is 6.79. The molecule has 1 N–H and O–H groups in total. The average Bonchev–Trinajstić information content (AvgIpc) is 2.70. The summed E-state index contributed by atoms with van der Waals surface area (Å²) < 4.78 is 5.45. The fourth-order valence-electron chi connectivity index (χ4n) is 2.72. The van der Waals surface area contributed by atoms with E-state index >= 15 is 0 Å². The summed E-state index contributed by atoms with van der Waals surface area (Å²) in [4.78, 5) is 26.3. The molecule has 0 atom stereocenters. The van der Waals surface area contributed by atoms with Crippen LogP contribution in [0, 0.1) is 0 Å². The summed E-state index contributed by atoms with van der Waals surface area (Å²) in [6.45, 7) is 10.9. The van der Waals surface area contributed by atoms with Crippen LogP contribution in [0.15, 0.2) is 61.2 Å². The number of carbonyl (C=O) groups excluding carboxylic acids is 2. The molecule has 154 valence electrons. The van der Waals surface area contributed by atoms with Crippen LogP contribution in [-0.2, 0) is 16.8 Å². The fraction of sp³-hybridized carbons (Fsp3) is 0.333. The molecule has 0 heterocycles. The molecule has 0 bridgehead atoms. The SMILES string of the molecule is C=CCOc1ccc(CN(C)C(=O)CNC(=O)c2ccc(C(C)(C)C)cc2)cc1. The van der Waals surface area contributed by atoms with Gasteiger partial charge in [-0.1, -0.05) is 57.7 Å². The minimum atomic E-state index is -0.254. The van der Waals surface area contributed by atoms with E-state index in [2.05, 4.69) is 32.7 Å². The predicted octanol–water partition coefficient (Wildman–Crippen LogP) is 3.94. The van der Waals surface area contributed by atoms with Gasteiger partial charge in [0.25, 0.3) is 5.91 Å². The van der Waals surface area contributed by atoms with Gasteiger partial charge in [0.05, 0.1) is 6.54 Å².